The number of non-ortho nitro benzene ring substituents is 1. The molecule has 3 aromatic rings. The number of nitrogens with one attached hydrogen (secondary N) is 1. The third-order valence-electron chi connectivity index (χ3n) is 4.10. The highest BCUT2D eigenvalue weighted by atomic mass is 16.6. The Morgan fingerprint density at radius 3 is 2.44 bits per heavy atom. The van der Waals surface area contributed by atoms with Crippen LogP contribution in [0, 0.1) is 20.2 Å². The van der Waals surface area contributed by atoms with E-state index < -0.39 is 9.85 Å². The van der Waals surface area contributed by atoms with Crippen molar-refractivity contribution in [2.75, 3.05) is 24.3 Å². The summed E-state index contributed by atoms with van der Waals surface area (Å²) >= 11 is 0. The van der Waals surface area contributed by atoms with Gasteiger partial charge in [-0.15, -0.1) is 0 Å². The molecule has 0 unspecified atom stereocenters. The molecule has 9 nitrogen and oxygen atoms in total. The molecule has 0 fully saturated rings. The lowest BCUT2D eigenvalue weighted by Gasteiger charge is -2.16. The fourth-order valence-corrected chi connectivity index (χ4v) is 2.73. The van der Waals surface area contributed by atoms with Crippen molar-refractivity contribution < 1.29 is 9.85 Å². The van der Waals surface area contributed by atoms with Crippen molar-refractivity contribution in [2.45, 2.75) is 6.54 Å². The number of rotatable bonds is 6. The van der Waals surface area contributed by atoms with Gasteiger partial charge in [0, 0.05) is 32.1 Å². The van der Waals surface area contributed by atoms with E-state index >= 15 is 0 Å². The Kier molecular flexibility index (Phi) is 4.84. The van der Waals surface area contributed by atoms with Crippen LogP contribution in [-0.4, -0.2) is 28.9 Å². The Labute approximate surface area is 154 Å². The maximum Gasteiger partial charge on any atom is 0.299 e. The van der Waals surface area contributed by atoms with Gasteiger partial charge < -0.3 is 10.2 Å². The number of aromatic nitrogens is 1. The Bertz CT molecular complexity index is 1040. The van der Waals surface area contributed by atoms with Crippen molar-refractivity contribution in [3.63, 3.8) is 0 Å². The normalized spacial score (nSPS) is 10.6. The summed E-state index contributed by atoms with van der Waals surface area (Å²) < 4.78 is 0. The number of benzene rings is 2. The number of para-hydroxylation sites is 1. The van der Waals surface area contributed by atoms with Crippen LogP contribution in [0.5, 0.6) is 0 Å². The number of fused-ring (bicyclic) bond motifs is 1. The standard InChI is InChI=1S/C18H17N5O4/c1-21(2)18-9-12(14-5-3-4-6-15(14)20-18)11-19-16-8-7-13(22(24)25)10-17(16)23(26)27/h3-10,19H,11H2,1-2H3. The van der Waals surface area contributed by atoms with Crippen LogP contribution in [0.15, 0.2) is 48.5 Å². The van der Waals surface area contributed by atoms with E-state index in [2.05, 4.69) is 10.3 Å². The first-order valence-electron chi connectivity index (χ1n) is 8.09. The molecule has 0 radical (unpaired) electrons. The van der Waals surface area contributed by atoms with Gasteiger partial charge in [-0.3, -0.25) is 20.2 Å². The quantitative estimate of drug-likeness (QED) is 0.521. The third-order valence-corrected chi connectivity index (χ3v) is 4.10. The van der Waals surface area contributed by atoms with Gasteiger partial charge in [0.05, 0.1) is 21.4 Å². The van der Waals surface area contributed by atoms with Gasteiger partial charge in [0.15, 0.2) is 0 Å². The first-order chi connectivity index (χ1) is 12.9. The van der Waals surface area contributed by atoms with E-state index in [1.165, 1.54) is 12.1 Å². The summed E-state index contributed by atoms with van der Waals surface area (Å²) in [5.74, 6) is 0.767. The Balaban J connectivity index is 1.97. The smallest absolute Gasteiger partial charge is 0.299 e. The lowest BCUT2D eigenvalue weighted by Crippen LogP contribution is -2.12. The summed E-state index contributed by atoms with van der Waals surface area (Å²) in [5.41, 5.74) is 1.29. The van der Waals surface area contributed by atoms with Gasteiger partial charge in [-0.05, 0) is 23.8 Å². The number of hydrogen-bond donors (Lipinski definition) is 1. The van der Waals surface area contributed by atoms with Crippen LogP contribution < -0.4 is 10.2 Å². The number of nitrogens with zero attached hydrogens (tertiary/aromatic N) is 4. The molecule has 0 amide bonds. The lowest BCUT2D eigenvalue weighted by atomic mass is 10.1. The monoisotopic (exact) mass is 367 g/mol. The molecule has 138 valence electrons. The van der Waals surface area contributed by atoms with Crippen molar-refractivity contribution in [3.8, 4) is 0 Å². The zero-order chi connectivity index (χ0) is 19.6. The summed E-state index contributed by atoms with van der Waals surface area (Å²) in [6.07, 6.45) is 0. The second-order valence-corrected chi connectivity index (χ2v) is 6.12. The molecule has 1 heterocycles. The van der Waals surface area contributed by atoms with Crippen LogP contribution in [0.3, 0.4) is 0 Å². The molecule has 1 aromatic heterocycles. The molecule has 0 aliphatic rings. The Morgan fingerprint density at radius 1 is 1.04 bits per heavy atom. The van der Waals surface area contributed by atoms with Gasteiger partial charge in [-0.1, -0.05) is 18.2 Å². The molecule has 0 saturated heterocycles. The second-order valence-electron chi connectivity index (χ2n) is 6.12. The van der Waals surface area contributed by atoms with Gasteiger partial charge in [-0.2, -0.15) is 0 Å². The second kappa shape index (κ2) is 7.24. The largest absolute Gasteiger partial charge is 0.375 e. The molecule has 3 rings (SSSR count). The van der Waals surface area contributed by atoms with Crippen molar-refractivity contribution in [2.24, 2.45) is 0 Å². The minimum atomic E-state index is -0.656. The van der Waals surface area contributed by atoms with Crippen LogP contribution >= 0.6 is 0 Å². The zero-order valence-corrected chi connectivity index (χ0v) is 14.7. The van der Waals surface area contributed by atoms with E-state index in [4.69, 9.17) is 0 Å². The predicted octanol–water partition coefficient (Wildman–Crippen LogP) is 3.73. The van der Waals surface area contributed by atoms with Gasteiger partial charge in [-0.25, -0.2) is 4.98 Å². The van der Waals surface area contributed by atoms with E-state index in [-0.39, 0.29) is 17.1 Å². The van der Waals surface area contributed by atoms with Crippen LogP contribution in [0.2, 0.25) is 0 Å². The average Bonchev–Trinajstić information content (AvgIpc) is 2.65. The highest BCUT2D eigenvalue weighted by Gasteiger charge is 2.19. The summed E-state index contributed by atoms with van der Waals surface area (Å²) in [7, 11) is 3.77. The first kappa shape index (κ1) is 18.1. The fourth-order valence-electron chi connectivity index (χ4n) is 2.73. The highest BCUT2D eigenvalue weighted by Crippen LogP contribution is 2.30. The number of pyridine rings is 1. The average molecular weight is 367 g/mol. The van der Waals surface area contributed by atoms with Gasteiger partial charge in [0.25, 0.3) is 11.4 Å². The SMILES string of the molecule is CN(C)c1cc(CNc2ccc([N+](=O)[O-])cc2[N+](=O)[O-])c2ccccc2n1. The molecular formula is C18H17N5O4. The molecule has 0 aliphatic heterocycles. The van der Waals surface area contributed by atoms with Gasteiger partial charge >= 0.3 is 0 Å². The van der Waals surface area contributed by atoms with Gasteiger partial charge in [0.1, 0.15) is 11.5 Å². The maximum absolute atomic E-state index is 11.3. The molecule has 0 aliphatic carbocycles. The van der Waals surface area contributed by atoms with Crippen LogP contribution in [0.1, 0.15) is 5.56 Å². The Hall–Kier alpha value is -3.75. The molecule has 0 saturated carbocycles. The molecular weight excluding hydrogens is 350 g/mol. The summed E-state index contributed by atoms with van der Waals surface area (Å²) in [5, 5.41) is 26.1. The minimum absolute atomic E-state index is 0.220. The van der Waals surface area contributed by atoms with Crippen LogP contribution in [-0.2, 0) is 6.54 Å². The van der Waals surface area contributed by atoms with Crippen molar-refractivity contribution in [3.05, 3.63) is 74.3 Å². The van der Waals surface area contributed by atoms with Crippen molar-refractivity contribution in [1.82, 2.24) is 4.98 Å². The van der Waals surface area contributed by atoms with Crippen molar-refractivity contribution in [1.29, 1.82) is 0 Å². The lowest BCUT2D eigenvalue weighted by molar-refractivity contribution is -0.393. The van der Waals surface area contributed by atoms with Crippen LogP contribution in [0.4, 0.5) is 22.9 Å². The topological polar surface area (TPSA) is 114 Å². The third kappa shape index (κ3) is 3.76. The number of hydrogen-bond acceptors (Lipinski definition) is 7. The molecule has 9 heteroatoms. The predicted molar refractivity (Wildman–Crippen MR) is 103 cm³/mol. The Morgan fingerprint density at radius 2 is 1.78 bits per heavy atom. The minimum Gasteiger partial charge on any atom is -0.375 e. The zero-order valence-electron chi connectivity index (χ0n) is 14.7. The summed E-state index contributed by atoms with van der Waals surface area (Å²) in [6, 6.07) is 13.1. The molecule has 0 spiro atoms. The van der Waals surface area contributed by atoms with E-state index in [1.54, 1.807) is 0 Å². The highest BCUT2D eigenvalue weighted by molar-refractivity contribution is 5.84. The molecule has 0 bridgehead atoms. The fraction of sp³-hybridized carbons (Fsp3) is 0.167. The maximum atomic E-state index is 11.3. The molecule has 0 atom stereocenters. The van der Waals surface area contributed by atoms with E-state index in [1.807, 2.05) is 49.3 Å². The van der Waals surface area contributed by atoms with Crippen LogP contribution in [0.25, 0.3) is 10.9 Å². The molecule has 1 N–H and O–H groups in total. The van der Waals surface area contributed by atoms with E-state index in [0.29, 0.717) is 6.54 Å². The number of anilines is 2. The molecule has 2 aromatic carbocycles. The summed E-state index contributed by atoms with van der Waals surface area (Å²) in [4.78, 5) is 27.3. The number of nitro benzene ring substituents is 2. The first-order valence-corrected chi connectivity index (χ1v) is 8.09. The molecule has 27 heavy (non-hydrogen) atoms. The van der Waals surface area contributed by atoms with E-state index in [0.717, 1.165) is 28.4 Å². The van der Waals surface area contributed by atoms with E-state index in [9.17, 15) is 20.2 Å². The van der Waals surface area contributed by atoms with Gasteiger partial charge in [0.2, 0.25) is 0 Å². The van der Waals surface area contributed by atoms with Crippen molar-refractivity contribution >= 4 is 33.8 Å². The summed E-state index contributed by atoms with van der Waals surface area (Å²) in [6.45, 7) is 0.308. The number of nitro groups is 2.